The van der Waals surface area contributed by atoms with Gasteiger partial charge in [-0.25, -0.2) is 4.79 Å². The first kappa shape index (κ1) is 15.5. The lowest BCUT2D eigenvalue weighted by Crippen LogP contribution is -2.13. The molecule has 0 aliphatic rings. The van der Waals surface area contributed by atoms with Crippen molar-refractivity contribution in [1.82, 2.24) is 0 Å². The molecule has 1 aromatic carbocycles. The number of nitrogens with one attached hydrogen (secondary N) is 1. The van der Waals surface area contributed by atoms with Crippen LogP contribution in [0.4, 0.5) is 5.00 Å². The summed E-state index contributed by atoms with van der Waals surface area (Å²) < 4.78 is 0. The van der Waals surface area contributed by atoms with E-state index in [1.165, 1.54) is 22.7 Å². The molecule has 23 heavy (non-hydrogen) atoms. The molecule has 0 radical (unpaired) electrons. The van der Waals surface area contributed by atoms with Gasteiger partial charge in [0.15, 0.2) is 0 Å². The minimum absolute atomic E-state index is 0.137. The Bertz CT molecular complexity index is 866. The van der Waals surface area contributed by atoms with Gasteiger partial charge in [-0.2, -0.15) is 0 Å². The average molecular weight is 343 g/mol. The second kappa shape index (κ2) is 6.36. The van der Waals surface area contributed by atoms with Gasteiger partial charge in [0.2, 0.25) is 0 Å². The molecule has 0 saturated heterocycles. The number of anilines is 1. The number of amides is 1. The van der Waals surface area contributed by atoms with Crippen LogP contribution in [0.2, 0.25) is 0 Å². The Morgan fingerprint density at radius 2 is 1.96 bits per heavy atom. The van der Waals surface area contributed by atoms with Crippen LogP contribution in [0.5, 0.6) is 0 Å². The fraction of sp³-hybridized carbons (Fsp3) is 0.0588. The van der Waals surface area contributed by atoms with E-state index in [0.717, 1.165) is 10.4 Å². The minimum atomic E-state index is -1.05. The van der Waals surface area contributed by atoms with Crippen molar-refractivity contribution < 1.29 is 14.7 Å². The molecule has 0 saturated carbocycles. The molecule has 0 aliphatic heterocycles. The normalized spacial score (nSPS) is 10.5. The molecular formula is C17H13NO3S2. The van der Waals surface area contributed by atoms with Crippen LogP contribution in [-0.4, -0.2) is 17.0 Å². The number of benzene rings is 1. The number of aryl methyl sites for hydroxylation is 1. The van der Waals surface area contributed by atoms with Crippen LogP contribution < -0.4 is 5.32 Å². The van der Waals surface area contributed by atoms with E-state index in [-0.39, 0.29) is 11.5 Å². The maximum atomic E-state index is 12.3. The van der Waals surface area contributed by atoms with Crippen molar-refractivity contribution in [2.24, 2.45) is 0 Å². The molecule has 0 unspecified atom stereocenters. The van der Waals surface area contributed by atoms with Gasteiger partial charge in [-0.3, -0.25) is 4.79 Å². The number of carboxylic acids is 1. The predicted octanol–water partition coefficient (Wildman–Crippen LogP) is 4.74. The standard InChI is InChI=1S/C17H13NO3S2/c1-10-4-2-5-11(8-10)15(19)18-16-14(17(20)21)12(9-23-16)13-6-3-7-22-13/h2-9H,1H3,(H,18,19)(H,20,21). The molecule has 3 aromatic rings. The molecule has 4 nitrogen and oxygen atoms in total. The van der Waals surface area contributed by atoms with Gasteiger partial charge in [0, 0.05) is 21.4 Å². The maximum Gasteiger partial charge on any atom is 0.339 e. The lowest BCUT2D eigenvalue weighted by molar-refractivity contribution is 0.0699. The number of hydrogen-bond acceptors (Lipinski definition) is 4. The Kier molecular flexibility index (Phi) is 4.27. The summed E-state index contributed by atoms with van der Waals surface area (Å²) in [7, 11) is 0. The molecule has 116 valence electrons. The summed E-state index contributed by atoms with van der Waals surface area (Å²) in [5.41, 5.74) is 2.25. The summed E-state index contributed by atoms with van der Waals surface area (Å²) in [5, 5.41) is 16.3. The molecule has 3 rings (SSSR count). The lowest BCUT2D eigenvalue weighted by atomic mass is 10.1. The van der Waals surface area contributed by atoms with Crippen LogP contribution in [0.3, 0.4) is 0 Å². The Balaban J connectivity index is 1.94. The monoisotopic (exact) mass is 343 g/mol. The van der Waals surface area contributed by atoms with Gasteiger partial charge in [0.05, 0.1) is 0 Å². The highest BCUT2D eigenvalue weighted by Gasteiger charge is 2.21. The van der Waals surface area contributed by atoms with E-state index < -0.39 is 5.97 Å². The van der Waals surface area contributed by atoms with E-state index in [0.29, 0.717) is 16.1 Å². The second-order valence-electron chi connectivity index (χ2n) is 4.96. The van der Waals surface area contributed by atoms with Crippen LogP contribution in [0.15, 0.2) is 47.2 Å². The molecule has 2 aromatic heterocycles. The van der Waals surface area contributed by atoms with Gasteiger partial charge in [-0.05, 0) is 30.5 Å². The first-order valence-corrected chi connectivity index (χ1v) is 8.59. The maximum absolute atomic E-state index is 12.3. The van der Waals surface area contributed by atoms with Crippen molar-refractivity contribution in [2.45, 2.75) is 6.92 Å². The zero-order valence-electron chi connectivity index (χ0n) is 12.2. The summed E-state index contributed by atoms with van der Waals surface area (Å²) >= 11 is 2.69. The Hall–Kier alpha value is -2.44. The van der Waals surface area contributed by atoms with Crippen LogP contribution >= 0.6 is 22.7 Å². The molecule has 2 N–H and O–H groups in total. The molecule has 6 heteroatoms. The number of hydrogen-bond donors (Lipinski definition) is 2. The van der Waals surface area contributed by atoms with Crippen LogP contribution in [0, 0.1) is 6.92 Å². The second-order valence-corrected chi connectivity index (χ2v) is 6.79. The van der Waals surface area contributed by atoms with Crippen LogP contribution in [-0.2, 0) is 0 Å². The van der Waals surface area contributed by atoms with Gasteiger partial charge in [0.25, 0.3) is 5.91 Å². The van der Waals surface area contributed by atoms with E-state index >= 15 is 0 Å². The number of carboxylic acid groups (broad SMARTS) is 1. The lowest BCUT2D eigenvalue weighted by Gasteiger charge is -2.06. The van der Waals surface area contributed by atoms with Gasteiger partial charge >= 0.3 is 5.97 Å². The van der Waals surface area contributed by atoms with E-state index in [9.17, 15) is 14.7 Å². The van der Waals surface area contributed by atoms with Gasteiger partial charge in [-0.1, -0.05) is 23.8 Å². The summed E-state index contributed by atoms with van der Waals surface area (Å²) in [5.74, 6) is -1.36. The number of rotatable bonds is 4. The first-order valence-electron chi connectivity index (χ1n) is 6.83. The highest BCUT2D eigenvalue weighted by Crippen LogP contribution is 2.37. The van der Waals surface area contributed by atoms with Crippen molar-refractivity contribution in [3.05, 3.63) is 63.8 Å². The number of thiophene rings is 2. The quantitative estimate of drug-likeness (QED) is 0.719. The Morgan fingerprint density at radius 3 is 2.61 bits per heavy atom. The van der Waals surface area contributed by atoms with Crippen molar-refractivity contribution in [3.63, 3.8) is 0 Å². The van der Waals surface area contributed by atoms with Crippen molar-refractivity contribution >= 4 is 39.6 Å². The van der Waals surface area contributed by atoms with Crippen molar-refractivity contribution in [1.29, 1.82) is 0 Å². The summed E-state index contributed by atoms with van der Waals surface area (Å²) in [6.07, 6.45) is 0. The van der Waals surface area contributed by atoms with E-state index in [1.54, 1.807) is 23.6 Å². The van der Waals surface area contributed by atoms with Crippen molar-refractivity contribution in [2.75, 3.05) is 5.32 Å². The largest absolute Gasteiger partial charge is 0.478 e. The summed E-state index contributed by atoms with van der Waals surface area (Å²) in [4.78, 5) is 24.8. The van der Waals surface area contributed by atoms with Gasteiger partial charge in [-0.15, -0.1) is 22.7 Å². The molecule has 0 spiro atoms. The fourth-order valence-corrected chi connectivity index (χ4v) is 4.01. The predicted molar refractivity (Wildman–Crippen MR) is 93.7 cm³/mol. The fourth-order valence-electron chi connectivity index (χ4n) is 2.24. The molecule has 0 bridgehead atoms. The third-order valence-electron chi connectivity index (χ3n) is 3.30. The molecular weight excluding hydrogens is 330 g/mol. The average Bonchev–Trinajstić information content (AvgIpc) is 3.15. The Labute approximate surface area is 141 Å². The first-order chi connectivity index (χ1) is 11.1. The SMILES string of the molecule is Cc1cccc(C(=O)Nc2scc(-c3cccs3)c2C(=O)O)c1. The highest BCUT2D eigenvalue weighted by atomic mass is 32.1. The Morgan fingerprint density at radius 1 is 1.13 bits per heavy atom. The van der Waals surface area contributed by atoms with E-state index in [1.807, 2.05) is 30.5 Å². The van der Waals surface area contributed by atoms with Crippen molar-refractivity contribution in [3.8, 4) is 10.4 Å². The van der Waals surface area contributed by atoms with E-state index in [2.05, 4.69) is 5.32 Å². The zero-order chi connectivity index (χ0) is 16.4. The van der Waals surface area contributed by atoms with Crippen LogP contribution in [0.25, 0.3) is 10.4 Å². The van der Waals surface area contributed by atoms with Crippen LogP contribution in [0.1, 0.15) is 26.3 Å². The summed E-state index contributed by atoms with van der Waals surface area (Å²) in [6, 6.07) is 10.9. The number of carbonyl (C=O) groups excluding carboxylic acids is 1. The zero-order valence-corrected chi connectivity index (χ0v) is 13.8. The topological polar surface area (TPSA) is 66.4 Å². The molecule has 1 amide bonds. The minimum Gasteiger partial charge on any atom is -0.478 e. The molecule has 0 aliphatic carbocycles. The molecule has 2 heterocycles. The van der Waals surface area contributed by atoms with Gasteiger partial charge in [0.1, 0.15) is 10.6 Å². The molecule has 0 atom stereocenters. The van der Waals surface area contributed by atoms with Gasteiger partial charge < -0.3 is 10.4 Å². The van der Waals surface area contributed by atoms with E-state index in [4.69, 9.17) is 0 Å². The highest BCUT2D eigenvalue weighted by molar-refractivity contribution is 7.17. The smallest absolute Gasteiger partial charge is 0.339 e. The third-order valence-corrected chi connectivity index (χ3v) is 5.10. The number of aromatic carboxylic acids is 1. The number of carbonyl (C=O) groups is 2. The summed E-state index contributed by atoms with van der Waals surface area (Å²) in [6.45, 7) is 1.90. The molecule has 0 fully saturated rings. The third kappa shape index (κ3) is 3.18.